The molecule has 18 heavy (non-hydrogen) atoms. The van der Waals surface area contributed by atoms with E-state index in [9.17, 15) is 4.79 Å². The fraction of sp³-hybridized carbons (Fsp3) is 0. The molecule has 0 saturated heterocycles. The average molecular weight is 327 g/mol. The number of benzene rings is 1. The van der Waals surface area contributed by atoms with E-state index >= 15 is 0 Å². The highest BCUT2D eigenvalue weighted by Gasteiger charge is 2.10. The van der Waals surface area contributed by atoms with E-state index in [4.69, 9.17) is 17.3 Å². The number of nitrogen functional groups attached to an aromatic ring is 1. The first kappa shape index (κ1) is 12.9. The number of nitrogens with one attached hydrogen (secondary N) is 1. The Balaban J connectivity index is 2.19. The normalized spacial score (nSPS) is 10.1. The van der Waals surface area contributed by atoms with Gasteiger partial charge in [0.25, 0.3) is 5.91 Å². The highest BCUT2D eigenvalue weighted by atomic mass is 79.9. The number of nitrogens with two attached hydrogens (primary N) is 1. The van der Waals surface area contributed by atoms with Gasteiger partial charge in [-0.15, -0.1) is 0 Å². The van der Waals surface area contributed by atoms with Crippen LogP contribution in [0.15, 0.2) is 41.0 Å². The molecular formula is C12H9BrClN3O. The van der Waals surface area contributed by atoms with E-state index in [0.717, 1.165) is 4.47 Å². The van der Waals surface area contributed by atoms with Gasteiger partial charge in [0.05, 0.1) is 17.4 Å². The molecule has 0 aliphatic heterocycles. The van der Waals surface area contributed by atoms with E-state index in [2.05, 4.69) is 26.2 Å². The molecule has 0 unspecified atom stereocenters. The zero-order chi connectivity index (χ0) is 13.1. The Morgan fingerprint density at radius 1 is 1.33 bits per heavy atom. The van der Waals surface area contributed by atoms with Gasteiger partial charge in [0.15, 0.2) is 0 Å². The van der Waals surface area contributed by atoms with Gasteiger partial charge in [0, 0.05) is 10.2 Å². The van der Waals surface area contributed by atoms with Crippen LogP contribution in [-0.2, 0) is 0 Å². The van der Waals surface area contributed by atoms with Crippen molar-refractivity contribution in [2.75, 3.05) is 11.1 Å². The van der Waals surface area contributed by atoms with Gasteiger partial charge < -0.3 is 11.1 Å². The monoisotopic (exact) mass is 325 g/mol. The van der Waals surface area contributed by atoms with E-state index in [0.29, 0.717) is 22.1 Å². The summed E-state index contributed by atoms with van der Waals surface area (Å²) >= 11 is 8.94. The Morgan fingerprint density at radius 3 is 2.72 bits per heavy atom. The Kier molecular flexibility index (Phi) is 3.84. The second-order valence-corrected chi connectivity index (χ2v) is 4.86. The number of halogens is 2. The quantitative estimate of drug-likeness (QED) is 0.657. The van der Waals surface area contributed by atoms with Crippen LogP contribution in [0.25, 0.3) is 0 Å². The summed E-state index contributed by atoms with van der Waals surface area (Å²) < 4.78 is 0.824. The zero-order valence-corrected chi connectivity index (χ0v) is 11.5. The number of aromatic nitrogens is 1. The van der Waals surface area contributed by atoms with Gasteiger partial charge in [-0.1, -0.05) is 27.5 Å². The van der Waals surface area contributed by atoms with E-state index in [1.165, 1.54) is 6.20 Å². The van der Waals surface area contributed by atoms with Crippen molar-refractivity contribution >= 4 is 44.8 Å². The van der Waals surface area contributed by atoms with Gasteiger partial charge in [0.2, 0.25) is 0 Å². The van der Waals surface area contributed by atoms with Crippen molar-refractivity contribution in [3.63, 3.8) is 0 Å². The van der Waals surface area contributed by atoms with Crippen molar-refractivity contribution in [3.05, 3.63) is 51.7 Å². The van der Waals surface area contributed by atoms with Crippen molar-refractivity contribution in [2.24, 2.45) is 0 Å². The highest BCUT2D eigenvalue weighted by molar-refractivity contribution is 9.10. The lowest BCUT2D eigenvalue weighted by Gasteiger charge is -2.07. The number of carbonyl (C=O) groups excluding carboxylic acids is 1. The maximum absolute atomic E-state index is 12.0. The zero-order valence-electron chi connectivity index (χ0n) is 9.15. The van der Waals surface area contributed by atoms with Crippen molar-refractivity contribution in [1.82, 2.24) is 4.98 Å². The Bertz CT molecular complexity index is 586. The molecule has 92 valence electrons. The molecule has 6 heteroatoms. The number of carbonyl (C=O) groups is 1. The minimum absolute atomic E-state index is 0.288. The Labute approximate surface area is 117 Å². The number of hydrogen-bond acceptors (Lipinski definition) is 3. The second kappa shape index (κ2) is 5.37. The maximum Gasteiger partial charge on any atom is 0.257 e. The number of anilines is 2. The molecule has 1 amide bonds. The molecule has 4 nitrogen and oxygen atoms in total. The van der Waals surface area contributed by atoms with E-state index < -0.39 is 0 Å². The lowest BCUT2D eigenvalue weighted by Crippen LogP contribution is -2.14. The molecule has 0 fully saturated rings. The minimum atomic E-state index is -0.288. The molecule has 3 N–H and O–H groups in total. The van der Waals surface area contributed by atoms with E-state index in [1.54, 1.807) is 30.3 Å². The molecule has 1 aromatic heterocycles. The van der Waals surface area contributed by atoms with Crippen LogP contribution in [0.3, 0.4) is 0 Å². The lowest BCUT2D eigenvalue weighted by molar-refractivity contribution is 0.102. The number of rotatable bonds is 2. The summed E-state index contributed by atoms with van der Waals surface area (Å²) in [6.45, 7) is 0. The molecule has 0 radical (unpaired) electrons. The van der Waals surface area contributed by atoms with Crippen LogP contribution in [0.1, 0.15) is 10.4 Å². The topological polar surface area (TPSA) is 68.0 Å². The predicted octanol–water partition coefficient (Wildman–Crippen LogP) is 3.33. The van der Waals surface area contributed by atoms with Gasteiger partial charge in [-0.05, 0) is 30.3 Å². The number of nitrogens with zero attached hydrogens (tertiary/aromatic N) is 1. The fourth-order valence-corrected chi connectivity index (χ4v) is 1.88. The Morgan fingerprint density at radius 2 is 2.11 bits per heavy atom. The predicted molar refractivity (Wildman–Crippen MR) is 75.8 cm³/mol. The van der Waals surface area contributed by atoms with Gasteiger partial charge in [-0.3, -0.25) is 4.79 Å². The Hall–Kier alpha value is -1.59. The first-order valence-electron chi connectivity index (χ1n) is 5.04. The number of pyridine rings is 1. The highest BCUT2D eigenvalue weighted by Crippen LogP contribution is 2.20. The lowest BCUT2D eigenvalue weighted by atomic mass is 10.1. The summed E-state index contributed by atoms with van der Waals surface area (Å²) in [7, 11) is 0. The van der Waals surface area contributed by atoms with Crippen LogP contribution in [0.2, 0.25) is 5.15 Å². The summed E-state index contributed by atoms with van der Waals surface area (Å²) in [5.74, 6) is -0.288. The molecule has 2 aromatic rings. The van der Waals surface area contributed by atoms with Crippen molar-refractivity contribution in [1.29, 1.82) is 0 Å². The van der Waals surface area contributed by atoms with Crippen molar-refractivity contribution in [3.8, 4) is 0 Å². The van der Waals surface area contributed by atoms with Gasteiger partial charge >= 0.3 is 0 Å². The maximum atomic E-state index is 12.0. The molecule has 0 aliphatic carbocycles. The van der Waals surface area contributed by atoms with Crippen LogP contribution in [-0.4, -0.2) is 10.9 Å². The molecule has 1 aromatic carbocycles. The van der Waals surface area contributed by atoms with E-state index in [-0.39, 0.29) is 5.91 Å². The summed E-state index contributed by atoms with van der Waals surface area (Å²) in [6, 6.07) is 8.35. The van der Waals surface area contributed by atoms with Crippen molar-refractivity contribution in [2.45, 2.75) is 0 Å². The summed E-state index contributed by atoms with van der Waals surface area (Å²) in [5.41, 5.74) is 7.15. The molecular weight excluding hydrogens is 318 g/mol. The largest absolute Gasteiger partial charge is 0.398 e. The first-order valence-corrected chi connectivity index (χ1v) is 6.21. The van der Waals surface area contributed by atoms with Crippen LogP contribution in [0.5, 0.6) is 0 Å². The third-order valence-electron chi connectivity index (χ3n) is 2.24. The second-order valence-electron chi connectivity index (χ2n) is 3.56. The third kappa shape index (κ3) is 3.00. The number of hydrogen-bond donors (Lipinski definition) is 2. The van der Waals surface area contributed by atoms with E-state index in [1.807, 2.05) is 0 Å². The summed E-state index contributed by atoms with van der Waals surface area (Å²) in [4.78, 5) is 15.8. The molecule has 0 atom stereocenters. The molecule has 0 aliphatic rings. The summed E-state index contributed by atoms with van der Waals surface area (Å²) in [6.07, 6.45) is 1.48. The SMILES string of the molecule is Nc1cc(Br)ccc1C(=O)Nc1ccc(Cl)nc1. The van der Waals surface area contributed by atoms with Crippen LogP contribution < -0.4 is 11.1 Å². The van der Waals surface area contributed by atoms with Crippen LogP contribution in [0, 0.1) is 0 Å². The van der Waals surface area contributed by atoms with Crippen LogP contribution in [0.4, 0.5) is 11.4 Å². The molecule has 0 bridgehead atoms. The third-order valence-corrected chi connectivity index (χ3v) is 2.96. The van der Waals surface area contributed by atoms with Crippen LogP contribution >= 0.6 is 27.5 Å². The first-order chi connectivity index (χ1) is 8.56. The van der Waals surface area contributed by atoms with Gasteiger partial charge in [0.1, 0.15) is 5.15 Å². The summed E-state index contributed by atoms with van der Waals surface area (Å²) in [5, 5.41) is 3.06. The smallest absolute Gasteiger partial charge is 0.257 e. The molecule has 2 rings (SSSR count). The molecule has 0 saturated carbocycles. The average Bonchev–Trinajstić information content (AvgIpc) is 2.32. The van der Waals surface area contributed by atoms with Gasteiger partial charge in [-0.2, -0.15) is 0 Å². The van der Waals surface area contributed by atoms with Gasteiger partial charge in [-0.25, -0.2) is 4.98 Å². The molecule has 1 heterocycles. The minimum Gasteiger partial charge on any atom is -0.398 e. The van der Waals surface area contributed by atoms with Crippen molar-refractivity contribution < 1.29 is 4.79 Å². The molecule has 0 spiro atoms. The fourth-order valence-electron chi connectivity index (χ4n) is 1.39. The standard InChI is InChI=1S/C12H9BrClN3O/c13-7-1-3-9(10(15)5-7)12(18)17-8-2-4-11(14)16-6-8/h1-6H,15H2,(H,17,18). The number of amides is 1.